The molecule has 21 heavy (non-hydrogen) atoms. The van der Waals surface area contributed by atoms with E-state index in [1.54, 1.807) is 18.2 Å². The lowest BCUT2D eigenvalue weighted by Gasteiger charge is -2.06. The third kappa shape index (κ3) is 2.27. The Hall–Kier alpha value is -3.02. The highest BCUT2D eigenvalue weighted by atomic mass is 19.1. The number of hydrogen-bond donors (Lipinski definition) is 2. The molecule has 0 amide bonds. The number of hydrogen-bond acceptors (Lipinski definition) is 3. The second kappa shape index (κ2) is 4.82. The highest BCUT2D eigenvalue weighted by Gasteiger charge is 2.13. The first kappa shape index (κ1) is 13.0. The molecule has 2 aromatic heterocycles. The SMILES string of the molecule is O=C(O)c1cc2cc(F)c(-c3ccccn3)cc2[nH]c1=O. The zero-order valence-electron chi connectivity index (χ0n) is 10.6. The standard InChI is InChI=1S/C15H9FN2O3/c16-11-6-8-5-10(15(20)21)14(19)18-13(8)7-9(11)12-3-1-2-4-17-12/h1-7H,(H,18,19)(H,20,21). The number of halogens is 1. The topological polar surface area (TPSA) is 83.0 Å². The zero-order valence-corrected chi connectivity index (χ0v) is 10.6. The van der Waals surface area contributed by atoms with Gasteiger partial charge >= 0.3 is 5.97 Å². The first-order valence-electron chi connectivity index (χ1n) is 6.07. The molecule has 0 atom stereocenters. The number of carbonyl (C=O) groups is 1. The van der Waals surface area contributed by atoms with Gasteiger partial charge in [0, 0.05) is 22.7 Å². The number of H-pyrrole nitrogens is 1. The molecule has 2 heterocycles. The first-order chi connectivity index (χ1) is 10.1. The third-order valence-electron chi connectivity index (χ3n) is 3.10. The van der Waals surface area contributed by atoms with Gasteiger partial charge in [-0.2, -0.15) is 0 Å². The number of benzene rings is 1. The summed E-state index contributed by atoms with van der Waals surface area (Å²) in [6.45, 7) is 0. The van der Waals surface area contributed by atoms with Crippen molar-refractivity contribution in [3.8, 4) is 11.3 Å². The van der Waals surface area contributed by atoms with Gasteiger partial charge in [-0.3, -0.25) is 9.78 Å². The molecule has 0 unspecified atom stereocenters. The summed E-state index contributed by atoms with van der Waals surface area (Å²) >= 11 is 0. The van der Waals surface area contributed by atoms with E-state index in [1.807, 2.05) is 0 Å². The van der Waals surface area contributed by atoms with Crippen LogP contribution in [0.2, 0.25) is 0 Å². The fourth-order valence-electron chi connectivity index (χ4n) is 2.10. The lowest BCUT2D eigenvalue weighted by molar-refractivity contribution is 0.0695. The van der Waals surface area contributed by atoms with Crippen LogP contribution in [-0.4, -0.2) is 21.0 Å². The summed E-state index contributed by atoms with van der Waals surface area (Å²) in [5, 5.41) is 9.21. The number of rotatable bonds is 2. The van der Waals surface area contributed by atoms with Crippen molar-refractivity contribution >= 4 is 16.9 Å². The third-order valence-corrected chi connectivity index (χ3v) is 3.10. The maximum atomic E-state index is 14.2. The quantitative estimate of drug-likeness (QED) is 0.757. The maximum absolute atomic E-state index is 14.2. The van der Waals surface area contributed by atoms with Gasteiger partial charge < -0.3 is 10.1 Å². The molecule has 0 fully saturated rings. The molecule has 0 saturated heterocycles. The summed E-state index contributed by atoms with van der Waals surface area (Å²) in [7, 11) is 0. The second-order valence-electron chi connectivity index (χ2n) is 4.45. The molecule has 3 rings (SSSR count). The summed E-state index contributed by atoms with van der Waals surface area (Å²) < 4.78 is 14.2. The maximum Gasteiger partial charge on any atom is 0.341 e. The van der Waals surface area contributed by atoms with Crippen molar-refractivity contribution in [1.82, 2.24) is 9.97 Å². The molecule has 0 aliphatic rings. The van der Waals surface area contributed by atoms with Gasteiger partial charge in [0.15, 0.2) is 0 Å². The predicted molar refractivity (Wildman–Crippen MR) is 74.7 cm³/mol. The Balaban J connectivity index is 2.28. The Labute approximate surface area is 117 Å². The number of nitrogens with zero attached hydrogens (tertiary/aromatic N) is 1. The van der Waals surface area contributed by atoms with Gasteiger partial charge in [-0.15, -0.1) is 0 Å². The lowest BCUT2D eigenvalue weighted by atomic mass is 10.1. The fraction of sp³-hybridized carbons (Fsp3) is 0. The van der Waals surface area contributed by atoms with Crippen LogP contribution in [-0.2, 0) is 0 Å². The van der Waals surface area contributed by atoms with Crippen LogP contribution in [0.5, 0.6) is 0 Å². The largest absolute Gasteiger partial charge is 0.477 e. The molecule has 0 saturated carbocycles. The summed E-state index contributed by atoms with van der Waals surface area (Å²) in [6, 6.07) is 8.86. The average Bonchev–Trinajstić information content (AvgIpc) is 2.47. The number of carboxylic acid groups (broad SMARTS) is 1. The van der Waals surface area contributed by atoms with Crippen LogP contribution in [0.1, 0.15) is 10.4 Å². The fourth-order valence-corrected chi connectivity index (χ4v) is 2.10. The number of aromatic nitrogens is 2. The highest BCUT2D eigenvalue weighted by molar-refractivity contribution is 5.93. The van der Waals surface area contributed by atoms with Crippen LogP contribution in [0.15, 0.2) is 47.4 Å². The number of pyridine rings is 2. The molecule has 1 aromatic carbocycles. The van der Waals surface area contributed by atoms with E-state index < -0.39 is 22.9 Å². The van der Waals surface area contributed by atoms with Gasteiger partial charge in [-0.25, -0.2) is 9.18 Å². The lowest BCUT2D eigenvalue weighted by Crippen LogP contribution is -2.17. The Bertz CT molecular complexity index is 904. The summed E-state index contributed by atoms with van der Waals surface area (Å²) in [5.74, 6) is -1.89. The number of fused-ring (bicyclic) bond motifs is 1. The molecule has 2 N–H and O–H groups in total. The number of aromatic amines is 1. The molecule has 5 nitrogen and oxygen atoms in total. The molecule has 0 aliphatic carbocycles. The van der Waals surface area contributed by atoms with E-state index in [-0.39, 0.29) is 5.56 Å². The van der Waals surface area contributed by atoms with Crippen molar-refractivity contribution in [2.24, 2.45) is 0 Å². The summed E-state index contributed by atoms with van der Waals surface area (Å²) in [5.41, 5.74) is -0.130. The molecular formula is C15H9FN2O3. The highest BCUT2D eigenvalue weighted by Crippen LogP contribution is 2.25. The first-order valence-corrected chi connectivity index (χ1v) is 6.07. The zero-order chi connectivity index (χ0) is 15.0. The predicted octanol–water partition coefficient (Wildman–Crippen LogP) is 2.43. The van der Waals surface area contributed by atoms with Gasteiger partial charge in [-0.05, 0) is 30.3 Å². The molecule has 0 bridgehead atoms. The van der Waals surface area contributed by atoms with Crippen molar-refractivity contribution in [2.45, 2.75) is 0 Å². The van der Waals surface area contributed by atoms with E-state index in [9.17, 15) is 14.0 Å². The van der Waals surface area contributed by atoms with E-state index in [1.165, 1.54) is 18.3 Å². The van der Waals surface area contributed by atoms with Crippen LogP contribution in [0.4, 0.5) is 4.39 Å². The smallest absolute Gasteiger partial charge is 0.341 e. The van der Waals surface area contributed by atoms with E-state index >= 15 is 0 Å². The summed E-state index contributed by atoms with van der Waals surface area (Å²) in [4.78, 5) is 29.1. The van der Waals surface area contributed by atoms with E-state index in [2.05, 4.69) is 9.97 Å². The minimum atomic E-state index is -1.35. The van der Waals surface area contributed by atoms with Crippen molar-refractivity contribution in [1.29, 1.82) is 0 Å². The van der Waals surface area contributed by atoms with Crippen molar-refractivity contribution in [2.75, 3.05) is 0 Å². The Morgan fingerprint density at radius 2 is 2.05 bits per heavy atom. The number of aromatic carboxylic acids is 1. The number of nitrogens with one attached hydrogen (secondary N) is 1. The van der Waals surface area contributed by atoms with Gasteiger partial charge in [0.2, 0.25) is 0 Å². The monoisotopic (exact) mass is 284 g/mol. The van der Waals surface area contributed by atoms with E-state index in [0.29, 0.717) is 16.6 Å². The van der Waals surface area contributed by atoms with Crippen LogP contribution in [0.3, 0.4) is 0 Å². The Morgan fingerprint density at radius 1 is 1.24 bits per heavy atom. The second-order valence-corrected chi connectivity index (χ2v) is 4.45. The van der Waals surface area contributed by atoms with Crippen molar-refractivity contribution in [3.05, 3.63) is 64.3 Å². The summed E-state index contributed by atoms with van der Waals surface area (Å²) in [6.07, 6.45) is 1.54. The van der Waals surface area contributed by atoms with E-state index in [0.717, 1.165) is 6.07 Å². The van der Waals surface area contributed by atoms with Gasteiger partial charge in [0.25, 0.3) is 5.56 Å². The number of carboxylic acids is 1. The normalized spacial score (nSPS) is 10.7. The molecular weight excluding hydrogens is 275 g/mol. The Morgan fingerprint density at radius 3 is 2.71 bits per heavy atom. The molecule has 6 heteroatoms. The molecule has 0 spiro atoms. The molecule has 3 aromatic rings. The minimum Gasteiger partial charge on any atom is -0.477 e. The van der Waals surface area contributed by atoms with Crippen molar-refractivity contribution < 1.29 is 14.3 Å². The minimum absolute atomic E-state index is 0.238. The average molecular weight is 284 g/mol. The van der Waals surface area contributed by atoms with Crippen LogP contribution in [0.25, 0.3) is 22.2 Å². The van der Waals surface area contributed by atoms with Crippen LogP contribution >= 0.6 is 0 Å². The van der Waals surface area contributed by atoms with Crippen molar-refractivity contribution in [3.63, 3.8) is 0 Å². The van der Waals surface area contributed by atoms with Gasteiger partial charge in [-0.1, -0.05) is 6.07 Å². The molecule has 0 radical (unpaired) electrons. The Kier molecular flexibility index (Phi) is 2.98. The molecule has 104 valence electrons. The molecule has 0 aliphatic heterocycles. The van der Waals surface area contributed by atoms with Gasteiger partial charge in [0.05, 0.1) is 5.69 Å². The van der Waals surface area contributed by atoms with E-state index in [4.69, 9.17) is 5.11 Å². The van der Waals surface area contributed by atoms with Crippen LogP contribution in [0, 0.1) is 5.82 Å². The van der Waals surface area contributed by atoms with Crippen LogP contribution < -0.4 is 5.56 Å². The van der Waals surface area contributed by atoms with Gasteiger partial charge in [0.1, 0.15) is 11.4 Å².